The molecule has 0 aromatic carbocycles. The number of amides is 1. The van der Waals surface area contributed by atoms with Crippen LogP contribution in [-0.2, 0) is 11.8 Å². The Bertz CT molecular complexity index is 1030. The summed E-state index contributed by atoms with van der Waals surface area (Å²) in [6, 6.07) is 2.26. The lowest BCUT2D eigenvalue weighted by atomic mass is 10.0. The maximum Gasteiger partial charge on any atom is 0.270 e. The molecule has 3 heterocycles. The predicted octanol–water partition coefficient (Wildman–Crippen LogP) is 3.70. The fraction of sp³-hybridized carbons (Fsp3) is 0.545. The Kier molecular flexibility index (Phi) is 6.03. The monoisotopic (exact) mass is 442 g/mol. The summed E-state index contributed by atoms with van der Waals surface area (Å²) in [6.07, 6.45) is 9.42. The minimum Gasteiger partial charge on any atom is -0.357 e. The topological polar surface area (TPSA) is 69.3 Å². The summed E-state index contributed by atoms with van der Waals surface area (Å²) in [4.78, 5) is 30.6. The smallest absolute Gasteiger partial charge is 0.270 e. The minimum atomic E-state index is -0.286. The average Bonchev–Trinajstić information content (AvgIpc) is 3.35. The maximum absolute atomic E-state index is 13.2. The number of piperidine rings is 1. The van der Waals surface area contributed by atoms with E-state index in [-0.39, 0.29) is 23.1 Å². The molecule has 1 amide bonds. The first-order valence-corrected chi connectivity index (χ1v) is 11.8. The highest BCUT2D eigenvalue weighted by atomic mass is 32.2. The van der Waals surface area contributed by atoms with Crippen molar-refractivity contribution in [3.8, 4) is 6.07 Å². The van der Waals surface area contributed by atoms with Crippen LogP contribution < -0.4 is 10.5 Å². The van der Waals surface area contributed by atoms with Gasteiger partial charge in [0.25, 0.3) is 11.5 Å². The predicted molar refractivity (Wildman–Crippen MR) is 124 cm³/mol. The normalized spacial score (nSPS) is 21.7. The SMILES string of the molecule is Cc1c(C=C2SC(=S)N(C3CCCC3)C2=O)c(N2CCCCC2)n(C)c(=O)c1C#N. The van der Waals surface area contributed by atoms with Gasteiger partial charge in [0.05, 0.1) is 4.91 Å². The van der Waals surface area contributed by atoms with Crippen molar-refractivity contribution in [1.29, 1.82) is 5.26 Å². The van der Waals surface area contributed by atoms with Gasteiger partial charge in [-0.1, -0.05) is 36.8 Å². The Morgan fingerprint density at radius 3 is 2.43 bits per heavy atom. The van der Waals surface area contributed by atoms with Gasteiger partial charge in [-0.05, 0) is 50.7 Å². The molecule has 0 atom stereocenters. The van der Waals surface area contributed by atoms with Gasteiger partial charge in [0.2, 0.25) is 0 Å². The minimum absolute atomic E-state index is 0.0479. The van der Waals surface area contributed by atoms with Crippen molar-refractivity contribution in [1.82, 2.24) is 9.47 Å². The molecule has 6 nitrogen and oxygen atoms in total. The van der Waals surface area contributed by atoms with Crippen LogP contribution >= 0.6 is 24.0 Å². The molecule has 30 heavy (non-hydrogen) atoms. The Balaban J connectivity index is 1.82. The molecular formula is C22H26N4O2S2. The summed E-state index contributed by atoms with van der Waals surface area (Å²) in [5.74, 6) is 0.746. The number of carbonyl (C=O) groups excluding carboxylic acids is 1. The first kappa shape index (κ1) is 21.1. The van der Waals surface area contributed by atoms with Crippen molar-refractivity contribution in [2.45, 2.75) is 57.9 Å². The number of rotatable bonds is 3. The van der Waals surface area contributed by atoms with Crippen LogP contribution in [-0.4, -0.2) is 38.8 Å². The molecule has 1 aliphatic carbocycles. The number of aromatic nitrogens is 1. The number of pyridine rings is 1. The van der Waals surface area contributed by atoms with E-state index in [0.29, 0.717) is 14.8 Å². The van der Waals surface area contributed by atoms with Crippen LogP contribution in [0.4, 0.5) is 5.82 Å². The van der Waals surface area contributed by atoms with Crippen LogP contribution in [0.15, 0.2) is 9.70 Å². The van der Waals surface area contributed by atoms with Crippen molar-refractivity contribution in [3.63, 3.8) is 0 Å². The molecule has 0 bridgehead atoms. The van der Waals surface area contributed by atoms with E-state index in [4.69, 9.17) is 12.2 Å². The molecule has 2 aliphatic heterocycles. The van der Waals surface area contributed by atoms with Crippen LogP contribution in [0.5, 0.6) is 0 Å². The zero-order valence-electron chi connectivity index (χ0n) is 17.4. The molecule has 158 valence electrons. The lowest BCUT2D eigenvalue weighted by Crippen LogP contribution is -2.37. The third-order valence-electron chi connectivity index (χ3n) is 6.41. The summed E-state index contributed by atoms with van der Waals surface area (Å²) in [5, 5.41) is 9.59. The molecule has 8 heteroatoms. The highest BCUT2D eigenvalue weighted by molar-refractivity contribution is 8.26. The summed E-state index contributed by atoms with van der Waals surface area (Å²) < 4.78 is 2.18. The van der Waals surface area contributed by atoms with E-state index >= 15 is 0 Å². The summed E-state index contributed by atoms with van der Waals surface area (Å²) in [7, 11) is 1.72. The Morgan fingerprint density at radius 1 is 1.13 bits per heavy atom. The second-order valence-electron chi connectivity index (χ2n) is 8.25. The summed E-state index contributed by atoms with van der Waals surface area (Å²) >= 11 is 6.87. The highest BCUT2D eigenvalue weighted by Gasteiger charge is 2.38. The Hall–Kier alpha value is -2.11. The van der Waals surface area contributed by atoms with E-state index in [9.17, 15) is 14.9 Å². The van der Waals surface area contributed by atoms with Gasteiger partial charge in [-0.3, -0.25) is 19.1 Å². The molecule has 1 aromatic heterocycles. The average molecular weight is 443 g/mol. The molecule has 1 saturated carbocycles. The van der Waals surface area contributed by atoms with Crippen molar-refractivity contribution in [3.05, 3.63) is 31.9 Å². The van der Waals surface area contributed by atoms with Crippen molar-refractivity contribution >= 4 is 46.1 Å². The van der Waals surface area contributed by atoms with Gasteiger partial charge in [0.1, 0.15) is 21.8 Å². The van der Waals surface area contributed by atoms with E-state index in [0.717, 1.165) is 63.0 Å². The molecule has 0 radical (unpaired) electrons. The number of hydrogen-bond acceptors (Lipinski definition) is 6. The van der Waals surface area contributed by atoms with E-state index < -0.39 is 0 Å². The van der Waals surface area contributed by atoms with Crippen molar-refractivity contribution < 1.29 is 4.79 Å². The molecular weight excluding hydrogens is 416 g/mol. The van der Waals surface area contributed by atoms with Gasteiger partial charge in [0, 0.05) is 31.7 Å². The standard InChI is InChI=1S/C22H26N4O2S2/c1-14-16(12-18-21(28)26(22(29)30-18)15-8-4-5-9-15)19(25-10-6-3-7-11-25)24(2)20(27)17(14)13-23/h12,15H,3-11H2,1-2H3. The van der Waals surface area contributed by atoms with Crippen LogP contribution in [0.25, 0.3) is 6.08 Å². The molecule has 2 saturated heterocycles. The maximum atomic E-state index is 13.2. The van der Waals surface area contributed by atoms with Crippen molar-refractivity contribution in [2.24, 2.45) is 7.05 Å². The fourth-order valence-electron chi connectivity index (χ4n) is 4.79. The van der Waals surface area contributed by atoms with E-state index in [1.807, 2.05) is 6.08 Å². The second-order valence-corrected chi connectivity index (χ2v) is 9.93. The first-order chi connectivity index (χ1) is 14.4. The van der Waals surface area contributed by atoms with Crippen molar-refractivity contribution in [2.75, 3.05) is 18.0 Å². The number of thiocarbonyl (C=S) groups is 1. The highest BCUT2D eigenvalue weighted by Crippen LogP contribution is 2.39. The van der Waals surface area contributed by atoms with Gasteiger partial charge in [-0.25, -0.2) is 0 Å². The molecule has 4 rings (SSSR count). The van der Waals surface area contributed by atoms with E-state index in [1.165, 1.54) is 18.2 Å². The zero-order valence-corrected chi connectivity index (χ0v) is 19.1. The molecule has 0 N–H and O–H groups in total. The van der Waals surface area contributed by atoms with E-state index in [1.54, 1.807) is 23.4 Å². The lowest BCUT2D eigenvalue weighted by molar-refractivity contribution is -0.123. The number of nitriles is 1. The Morgan fingerprint density at radius 2 is 1.80 bits per heavy atom. The second kappa shape index (κ2) is 8.56. The molecule has 1 aromatic rings. The van der Waals surface area contributed by atoms with Gasteiger partial charge in [-0.15, -0.1) is 0 Å². The zero-order chi connectivity index (χ0) is 21.4. The van der Waals surface area contributed by atoms with Gasteiger partial charge in [-0.2, -0.15) is 5.26 Å². The number of nitrogens with zero attached hydrogens (tertiary/aromatic N) is 4. The number of hydrogen-bond donors (Lipinski definition) is 0. The van der Waals surface area contributed by atoms with Crippen LogP contribution in [0.3, 0.4) is 0 Å². The van der Waals surface area contributed by atoms with Gasteiger partial charge < -0.3 is 4.90 Å². The molecule has 0 spiro atoms. The molecule has 3 fully saturated rings. The molecule has 0 unspecified atom stereocenters. The quantitative estimate of drug-likeness (QED) is 0.525. The van der Waals surface area contributed by atoms with Crippen LogP contribution in [0.2, 0.25) is 0 Å². The van der Waals surface area contributed by atoms with Gasteiger partial charge in [0.15, 0.2) is 0 Å². The number of thioether (sulfide) groups is 1. The lowest BCUT2D eigenvalue weighted by Gasteiger charge is -2.32. The van der Waals surface area contributed by atoms with Gasteiger partial charge >= 0.3 is 0 Å². The third kappa shape index (κ3) is 3.58. The van der Waals surface area contributed by atoms with E-state index in [2.05, 4.69) is 11.0 Å². The third-order valence-corrected chi connectivity index (χ3v) is 7.74. The summed E-state index contributed by atoms with van der Waals surface area (Å²) in [5.41, 5.74) is 1.26. The molecule has 3 aliphatic rings. The largest absolute Gasteiger partial charge is 0.357 e. The first-order valence-electron chi connectivity index (χ1n) is 10.6. The van der Waals surface area contributed by atoms with Crippen LogP contribution in [0, 0.1) is 18.3 Å². The number of carbonyl (C=O) groups is 1. The van der Waals surface area contributed by atoms with Crippen LogP contribution in [0.1, 0.15) is 61.6 Å². The fourth-order valence-corrected chi connectivity index (χ4v) is 6.17. The summed E-state index contributed by atoms with van der Waals surface area (Å²) in [6.45, 7) is 3.53. The Labute approximate surface area is 186 Å². The number of anilines is 1.